The number of nitrogens with one attached hydrogen (secondary N) is 4. The summed E-state index contributed by atoms with van der Waals surface area (Å²) in [6.45, 7) is 4.50. The fourth-order valence-corrected chi connectivity index (χ4v) is 6.70. The van der Waals surface area contributed by atoms with Crippen molar-refractivity contribution in [1.29, 1.82) is 0 Å². The van der Waals surface area contributed by atoms with Gasteiger partial charge in [0.25, 0.3) is 11.8 Å². The molecule has 4 aliphatic rings. The number of nitrogens with two attached hydrogens (primary N) is 2. The van der Waals surface area contributed by atoms with E-state index >= 15 is 0 Å². The van der Waals surface area contributed by atoms with Gasteiger partial charge in [0.15, 0.2) is 12.0 Å². The standard InChI is InChI=1S/C29H37N9O3/c1-15(2)17-10-11-20(32-12-17)26(41)33-13-21-23-29(37-27(30)36-23)24(39)22(14-38(29)28(31)35-21)34-25(40)19-9-5-7-16-6-3-4-8-18(16)19/h5,7,9-12,15,21-24,39H,3-4,6,8,13-14H2,1-2H3,(H2,31,35)(H,33,41)(H,34,40)(H3,30,36,37)/p+1/t21-,22?,23-,24+,29?/m0/s1. The van der Waals surface area contributed by atoms with Crippen LogP contribution < -0.4 is 32.4 Å². The SMILES string of the molecule is CC(C)c1ccc(C(=O)NC[C@@H]2N=C(N)N3CC(NC(=O)c4cccc5c4CCCC5)[C@@H](O)C34NC(N)=[NH+][C@@H]24)nc1. The summed E-state index contributed by atoms with van der Waals surface area (Å²) in [7, 11) is 0. The van der Waals surface area contributed by atoms with Gasteiger partial charge in [0.1, 0.15) is 17.8 Å². The van der Waals surface area contributed by atoms with Gasteiger partial charge in [-0.1, -0.05) is 32.0 Å². The van der Waals surface area contributed by atoms with Gasteiger partial charge in [0, 0.05) is 24.8 Å². The minimum atomic E-state index is -1.16. The first-order valence-electron chi connectivity index (χ1n) is 14.3. The van der Waals surface area contributed by atoms with E-state index in [4.69, 9.17) is 11.5 Å². The van der Waals surface area contributed by atoms with Crippen LogP contribution >= 0.6 is 0 Å². The van der Waals surface area contributed by atoms with Crippen molar-refractivity contribution < 1.29 is 19.7 Å². The van der Waals surface area contributed by atoms with Crippen molar-refractivity contribution >= 4 is 23.7 Å². The quantitative estimate of drug-likeness (QED) is 0.212. The maximum absolute atomic E-state index is 13.5. The lowest BCUT2D eigenvalue weighted by atomic mass is 9.87. The number of amides is 2. The highest BCUT2D eigenvalue weighted by atomic mass is 16.3. The topological polar surface area (TPSA) is 185 Å². The average molecular weight is 561 g/mol. The molecule has 1 aromatic carbocycles. The smallest absolute Gasteiger partial charge is 0.343 e. The van der Waals surface area contributed by atoms with Crippen LogP contribution in [0.3, 0.4) is 0 Å². The average Bonchev–Trinajstić information content (AvgIpc) is 3.47. The number of benzene rings is 1. The molecule has 1 saturated heterocycles. The summed E-state index contributed by atoms with van der Waals surface area (Å²) in [5, 5.41) is 20.9. The summed E-state index contributed by atoms with van der Waals surface area (Å²) >= 11 is 0. The zero-order valence-electron chi connectivity index (χ0n) is 23.4. The van der Waals surface area contributed by atoms with Crippen LogP contribution in [-0.4, -0.2) is 81.7 Å². The van der Waals surface area contributed by atoms with E-state index in [-0.39, 0.29) is 36.8 Å². The lowest BCUT2D eigenvalue weighted by Gasteiger charge is -2.43. The van der Waals surface area contributed by atoms with Crippen molar-refractivity contribution in [3.8, 4) is 0 Å². The number of rotatable bonds is 6. The Morgan fingerprint density at radius 1 is 1.20 bits per heavy atom. The summed E-state index contributed by atoms with van der Waals surface area (Å²) in [6.07, 6.45) is 4.63. The van der Waals surface area contributed by atoms with Gasteiger partial charge < -0.3 is 26.4 Å². The second-order valence-electron chi connectivity index (χ2n) is 11.7. The highest BCUT2D eigenvalue weighted by molar-refractivity contribution is 5.96. The first-order chi connectivity index (χ1) is 19.7. The van der Waals surface area contributed by atoms with Crippen LogP contribution in [0.4, 0.5) is 0 Å². The second-order valence-corrected chi connectivity index (χ2v) is 11.7. The number of hydrogen-bond donors (Lipinski definition) is 7. The van der Waals surface area contributed by atoms with E-state index in [0.29, 0.717) is 17.2 Å². The molecular formula is C29H38N9O3+. The molecule has 41 heavy (non-hydrogen) atoms. The molecule has 1 spiro atoms. The van der Waals surface area contributed by atoms with E-state index in [1.165, 1.54) is 5.56 Å². The molecule has 4 heterocycles. The van der Waals surface area contributed by atoms with Gasteiger partial charge in [-0.25, -0.2) is 10.3 Å². The van der Waals surface area contributed by atoms with Gasteiger partial charge in [0.05, 0.1) is 6.04 Å². The van der Waals surface area contributed by atoms with Gasteiger partial charge in [0.2, 0.25) is 5.66 Å². The number of hydrogen-bond acceptors (Lipinski definition) is 9. The van der Waals surface area contributed by atoms with Crippen molar-refractivity contribution in [1.82, 2.24) is 25.8 Å². The van der Waals surface area contributed by atoms with Gasteiger partial charge in [-0.3, -0.25) is 25.3 Å². The molecule has 3 aliphatic heterocycles. The molecule has 6 rings (SSSR count). The second kappa shape index (κ2) is 10.3. The maximum atomic E-state index is 13.5. The Hall–Kier alpha value is -4.19. The van der Waals surface area contributed by atoms with Crippen molar-refractivity contribution in [2.45, 2.75) is 75.3 Å². The Balaban J connectivity index is 1.19. The number of aromatic nitrogens is 1. The summed E-state index contributed by atoms with van der Waals surface area (Å²) in [4.78, 5) is 40.2. The summed E-state index contributed by atoms with van der Waals surface area (Å²) in [6, 6.07) is 7.70. The molecule has 1 aliphatic carbocycles. The molecular weight excluding hydrogens is 522 g/mol. The van der Waals surface area contributed by atoms with Crippen molar-refractivity contribution in [3.63, 3.8) is 0 Å². The number of fused-ring (bicyclic) bond motifs is 1. The van der Waals surface area contributed by atoms with Crippen LogP contribution in [0, 0.1) is 0 Å². The normalized spacial score (nSPS) is 28.1. The maximum Gasteiger partial charge on any atom is 0.343 e. The number of aliphatic hydroxyl groups excluding tert-OH is 1. The third-order valence-corrected chi connectivity index (χ3v) is 8.85. The number of carbonyl (C=O) groups excluding carboxylic acids is 2. The summed E-state index contributed by atoms with van der Waals surface area (Å²) < 4.78 is 0. The first kappa shape index (κ1) is 27.0. The van der Waals surface area contributed by atoms with Crippen molar-refractivity contribution in [3.05, 3.63) is 64.5 Å². The van der Waals surface area contributed by atoms with E-state index < -0.39 is 29.9 Å². The molecule has 1 aromatic heterocycles. The molecule has 2 unspecified atom stereocenters. The molecule has 2 amide bonds. The van der Waals surface area contributed by atoms with Crippen LogP contribution in [0.15, 0.2) is 41.5 Å². The molecule has 1 fully saturated rings. The van der Waals surface area contributed by atoms with E-state index in [1.807, 2.05) is 18.2 Å². The van der Waals surface area contributed by atoms with Gasteiger partial charge >= 0.3 is 5.96 Å². The van der Waals surface area contributed by atoms with Crippen molar-refractivity contribution in [2.24, 2.45) is 16.5 Å². The number of nitrogens with zero attached hydrogens (tertiary/aromatic N) is 3. The molecule has 0 saturated carbocycles. The number of pyridine rings is 1. The number of guanidine groups is 2. The number of aryl methyl sites for hydroxylation is 1. The Bertz CT molecular complexity index is 1420. The Labute approximate surface area is 238 Å². The van der Waals surface area contributed by atoms with Gasteiger partial charge in [-0.2, -0.15) is 0 Å². The van der Waals surface area contributed by atoms with E-state index in [0.717, 1.165) is 36.8 Å². The first-order valence-corrected chi connectivity index (χ1v) is 14.3. The summed E-state index contributed by atoms with van der Waals surface area (Å²) in [5.74, 6) is 0.202. The number of aliphatic hydroxyl groups is 1. The molecule has 5 atom stereocenters. The predicted octanol–water partition coefficient (Wildman–Crippen LogP) is -1.95. The Morgan fingerprint density at radius 2 is 2.00 bits per heavy atom. The fourth-order valence-electron chi connectivity index (χ4n) is 6.70. The van der Waals surface area contributed by atoms with Crippen LogP contribution in [0.25, 0.3) is 0 Å². The molecule has 2 aromatic rings. The fraction of sp³-hybridized carbons (Fsp3) is 0.483. The van der Waals surface area contributed by atoms with Crippen LogP contribution in [0.2, 0.25) is 0 Å². The lowest BCUT2D eigenvalue weighted by molar-refractivity contribution is -0.513. The van der Waals surface area contributed by atoms with Gasteiger partial charge in [-0.05, 0) is 60.4 Å². The number of carbonyl (C=O) groups is 2. The van der Waals surface area contributed by atoms with Crippen LogP contribution in [0.5, 0.6) is 0 Å². The molecule has 0 radical (unpaired) electrons. The van der Waals surface area contributed by atoms with Crippen LogP contribution in [0.1, 0.15) is 70.1 Å². The minimum absolute atomic E-state index is 0.134. The Morgan fingerprint density at radius 3 is 2.76 bits per heavy atom. The lowest BCUT2D eigenvalue weighted by Crippen LogP contribution is -2.88. The highest BCUT2D eigenvalue weighted by Crippen LogP contribution is 2.35. The summed E-state index contributed by atoms with van der Waals surface area (Å²) in [5.41, 5.74) is 15.8. The van der Waals surface area contributed by atoms with E-state index in [9.17, 15) is 14.7 Å². The highest BCUT2D eigenvalue weighted by Gasteiger charge is 2.68. The number of aliphatic imine (C=N–C) groups is 1. The van der Waals surface area contributed by atoms with Crippen molar-refractivity contribution in [2.75, 3.05) is 13.1 Å². The molecule has 216 valence electrons. The van der Waals surface area contributed by atoms with Crippen LogP contribution in [-0.2, 0) is 12.8 Å². The molecule has 9 N–H and O–H groups in total. The Kier molecular flexibility index (Phi) is 6.80. The molecule has 0 bridgehead atoms. The third-order valence-electron chi connectivity index (χ3n) is 8.85. The predicted molar refractivity (Wildman–Crippen MR) is 153 cm³/mol. The monoisotopic (exact) mass is 560 g/mol. The third kappa shape index (κ3) is 4.55. The molecule has 12 heteroatoms. The largest absolute Gasteiger partial charge is 0.385 e. The van der Waals surface area contributed by atoms with E-state index in [1.54, 1.807) is 17.2 Å². The van der Waals surface area contributed by atoms with Gasteiger partial charge in [-0.15, -0.1) is 0 Å². The molecule has 12 nitrogen and oxygen atoms in total. The zero-order chi connectivity index (χ0) is 28.9. The van der Waals surface area contributed by atoms with E-state index in [2.05, 4.69) is 50.8 Å². The zero-order valence-corrected chi connectivity index (χ0v) is 23.4. The minimum Gasteiger partial charge on any atom is -0.385 e.